The molecule has 1 saturated carbocycles. The molecule has 0 bridgehead atoms. The van der Waals surface area contributed by atoms with Gasteiger partial charge in [-0.2, -0.15) is 0 Å². The Balaban J connectivity index is 1.45. The number of rotatable bonds is 4. The molecule has 0 spiro atoms. The van der Waals surface area contributed by atoms with Crippen molar-refractivity contribution >= 4 is 29.2 Å². The molecule has 2 aliphatic rings. The molecule has 1 aromatic carbocycles. The van der Waals surface area contributed by atoms with Gasteiger partial charge in [-0.25, -0.2) is 4.79 Å². The highest BCUT2D eigenvalue weighted by Gasteiger charge is 2.28. The van der Waals surface area contributed by atoms with Crippen LogP contribution >= 0.6 is 11.6 Å². The summed E-state index contributed by atoms with van der Waals surface area (Å²) < 4.78 is 0. The zero-order valence-electron chi connectivity index (χ0n) is 13.8. The van der Waals surface area contributed by atoms with E-state index in [1.54, 1.807) is 11.8 Å². The Morgan fingerprint density at radius 3 is 2.33 bits per heavy atom. The van der Waals surface area contributed by atoms with E-state index in [2.05, 4.69) is 15.5 Å². The van der Waals surface area contributed by atoms with Crippen molar-refractivity contribution in [1.82, 2.24) is 15.5 Å². The maximum atomic E-state index is 12.3. The number of benzene rings is 1. The van der Waals surface area contributed by atoms with Crippen LogP contribution in [0, 0.1) is 0 Å². The van der Waals surface area contributed by atoms with Gasteiger partial charge >= 0.3 is 6.03 Å². The maximum absolute atomic E-state index is 12.3. The normalized spacial score (nSPS) is 18.9. The first-order valence-corrected chi connectivity index (χ1v) is 8.77. The number of halogens is 1. The number of carbonyl (C=O) groups is 2. The van der Waals surface area contributed by atoms with E-state index < -0.39 is 6.04 Å². The smallest absolute Gasteiger partial charge is 0.318 e. The number of amides is 3. The summed E-state index contributed by atoms with van der Waals surface area (Å²) in [6.45, 7) is 4.51. The molecule has 130 valence electrons. The summed E-state index contributed by atoms with van der Waals surface area (Å²) >= 11 is 5.91. The molecule has 2 N–H and O–H groups in total. The van der Waals surface area contributed by atoms with Crippen LogP contribution in [0.5, 0.6) is 0 Å². The summed E-state index contributed by atoms with van der Waals surface area (Å²) in [5.41, 5.74) is 1.11. The fraction of sp³-hybridized carbons (Fsp3) is 0.529. The van der Waals surface area contributed by atoms with Gasteiger partial charge in [0.25, 0.3) is 0 Å². The number of carbonyl (C=O) groups excluding carboxylic acids is 2. The van der Waals surface area contributed by atoms with Crippen molar-refractivity contribution in [2.75, 3.05) is 31.1 Å². The first-order valence-electron chi connectivity index (χ1n) is 8.39. The third-order valence-electron chi connectivity index (χ3n) is 4.42. The number of anilines is 1. The van der Waals surface area contributed by atoms with Gasteiger partial charge in [-0.3, -0.25) is 4.79 Å². The largest absolute Gasteiger partial charge is 0.368 e. The van der Waals surface area contributed by atoms with E-state index in [0.717, 1.165) is 36.6 Å². The summed E-state index contributed by atoms with van der Waals surface area (Å²) in [5, 5.41) is 6.41. The van der Waals surface area contributed by atoms with Gasteiger partial charge in [0.1, 0.15) is 6.04 Å². The number of hydrogen-bond donors (Lipinski definition) is 2. The number of nitrogens with zero attached hydrogens (tertiary/aromatic N) is 2. The van der Waals surface area contributed by atoms with E-state index in [-0.39, 0.29) is 11.9 Å². The molecule has 1 aliphatic heterocycles. The van der Waals surface area contributed by atoms with E-state index in [0.29, 0.717) is 19.1 Å². The first kappa shape index (κ1) is 16.9. The highest BCUT2D eigenvalue weighted by molar-refractivity contribution is 6.30. The summed E-state index contributed by atoms with van der Waals surface area (Å²) in [4.78, 5) is 28.2. The van der Waals surface area contributed by atoms with Gasteiger partial charge < -0.3 is 20.4 Å². The predicted octanol–water partition coefficient (Wildman–Crippen LogP) is 1.84. The van der Waals surface area contributed by atoms with Crippen molar-refractivity contribution in [2.24, 2.45) is 0 Å². The Kier molecular flexibility index (Phi) is 5.14. The lowest BCUT2D eigenvalue weighted by atomic mass is 10.2. The van der Waals surface area contributed by atoms with Crippen LogP contribution in [0.15, 0.2) is 24.3 Å². The Morgan fingerprint density at radius 1 is 1.12 bits per heavy atom. The van der Waals surface area contributed by atoms with Crippen LogP contribution in [0.25, 0.3) is 0 Å². The van der Waals surface area contributed by atoms with Gasteiger partial charge in [0.05, 0.1) is 0 Å². The maximum Gasteiger partial charge on any atom is 0.318 e. The lowest BCUT2D eigenvalue weighted by Crippen LogP contribution is -2.55. The zero-order chi connectivity index (χ0) is 17.1. The van der Waals surface area contributed by atoms with Crippen molar-refractivity contribution in [3.05, 3.63) is 29.3 Å². The van der Waals surface area contributed by atoms with Crippen molar-refractivity contribution < 1.29 is 9.59 Å². The molecule has 1 aliphatic carbocycles. The Labute approximate surface area is 147 Å². The molecule has 1 heterocycles. The Bertz CT molecular complexity index is 595. The average Bonchev–Trinajstić information content (AvgIpc) is 3.39. The molecule has 0 unspecified atom stereocenters. The van der Waals surface area contributed by atoms with E-state index in [1.165, 1.54) is 0 Å². The minimum Gasteiger partial charge on any atom is -0.368 e. The van der Waals surface area contributed by atoms with Crippen LogP contribution in [0.3, 0.4) is 0 Å². The monoisotopic (exact) mass is 350 g/mol. The van der Waals surface area contributed by atoms with Crippen molar-refractivity contribution in [3.8, 4) is 0 Å². The minimum absolute atomic E-state index is 0.106. The van der Waals surface area contributed by atoms with Crippen LogP contribution in [0.4, 0.5) is 10.5 Å². The SMILES string of the molecule is C[C@@H](NC(=O)N1CCN(c2ccc(Cl)cc2)CC1)C(=O)NC1CC1. The molecule has 1 atom stereocenters. The quantitative estimate of drug-likeness (QED) is 0.870. The number of piperazine rings is 1. The molecule has 1 aromatic rings. The molecule has 0 aromatic heterocycles. The first-order chi connectivity index (χ1) is 11.5. The second-order valence-electron chi connectivity index (χ2n) is 6.40. The van der Waals surface area contributed by atoms with Crippen molar-refractivity contribution in [1.29, 1.82) is 0 Å². The molecule has 7 heteroatoms. The minimum atomic E-state index is -0.507. The summed E-state index contributed by atoms with van der Waals surface area (Å²) in [5.74, 6) is -0.106. The van der Waals surface area contributed by atoms with Crippen LogP contribution in [-0.4, -0.2) is 55.1 Å². The molecule has 0 radical (unpaired) electrons. The van der Waals surface area contributed by atoms with E-state index in [4.69, 9.17) is 11.6 Å². The summed E-state index contributed by atoms with van der Waals surface area (Å²) in [6.07, 6.45) is 2.08. The number of urea groups is 1. The molecule has 2 fully saturated rings. The standard InChI is InChI=1S/C17H23ClN4O2/c1-12(16(23)20-14-4-5-14)19-17(24)22-10-8-21(9-11-22)15-6-2-13(18)3-7-15/h2-3,6-7,12,14H,4-5,8-11H2,1H3,(H,19,24)(H,20,23)/t12-/m1/s1. The van der Waals surface area contributed by atoms with Gasteiger partial charge in [0, 0.05) is 42.9 Å². The van der Waals surface area contributed by atoms with Gasteiger partial charge in [-0.05, 0) is 44.0 Å². The molecular formula is C17H23ClN4O2. The molecular weight excluding hydrogens is 328 g/mol. The fourth-order valence-corrected chi connectivity index (χ4v) is 2.84. The second kappa shape index (κ2) is 7.30. The van der Waals surface area contributed by atoms with Crippen LogP contribution < -0.4 is 15.5 Å². The lowest BCUT2D eigenvalue weighted by Gasteiger charge is -2.36. The van der Waals surface area contributed by atoms with Crippen molar-refractivity contribution in [2.45, 2.75) is 31.8 Å². The van der Waals surface area contributed by atoms with Gasteiger partial charge in [-0.1, -0.05) is 11.6 Å². The number of nitrogens with one attached hydrogen (secondary N) is 2. The average molecular weight is 351 g/mol. The van der Waals surface area contributed by atoms with Crippen LogP contribution in [-0.2, 0) is 4.79 Å². The molecule has 24 heavy (non-hydrogen) atoms. The third kappa shape index (κ3) is 4.32. The van der Waals surface area contributed by atoms with E-state index in [9.17, 15) is 9.59 Å². The molecule has 3 rings (SSSR count). The highest BCUT2D eigenvalue weighted by atomic mass is 35.5. The summed E-state index contributed by atoms with van der Waals surface area (Å²) in [6, 6.07) is 7.34. The Hall–Kier alpha value is -1.95. The van der Waals surface area contributed by atoms with Gasteiger partial charge in [-0.15, -0.1) is 0 Å². The highest BCUT2D eigenvalue weighted by Crippen LogP contribution is 2.20. The topological polar surface area (TPSA) is 64.7 Å². The second-order valence-corrected chi connectivity index (χ2v) is 6.84. The van der Waals surface area contributed by atoms with E-state index in [1.807, 2.05) is 24.3 Å². The molecule has 6 nitrogen and oxygen atoms in total. The van der Waals surface area contributed by atoms with Gasteiger partial charge in [0.15, 0.2) is 0 Å². The van der Waals surface area contributed by atoms with Crippen LogP contribution in [0.2, 0.25) is 5.02 Å². The summed E-state index contributed by atoms with van der Waals surface area (Å²) in [7, 11) is 0. The number of hydrogen-bond acceptors (Lipinski definition) is 3. The van der Waals surface area contributed by atoms with Crippen molar-refractivity contribution in [3.63, 3.8) is 0 Å². The van der Waals surface area contributed by atoms with E-state index >= 15 is 0 Å². The predicted molar refractivity (Wildman–Crippen MR) is 94.4 cm³/mol. The molecule has 3 amide bonds. The molecule has 1 saturated heterocycles. The zero-order valence-corrected chi connectivity index (χ0v) is 14.6. The third-order valence-corrected chi connectivity index (χ3v) is 4.67. The Morgan fingerprint density at radius 2 is 1.75 bits per heavy atom. The fourth-order valence-electron chi connectivity index (χ4n) is 2.72. The van der Waals surface area contributed by atoms with Gasteiger partial charge in [0.2, 0.25) is 5.91 Å². The van der Waals surface area contributed by atoms with Crippen LogP contribution in [0.1, 0.15) is 19.8 Å². The lowest BCUT2D eigenvalue weighted by molar-refractivity contribution is -0.122.